The molecule has 1 saturated heterocycles. The summed E-state index contributed by atoms with van der Waals surface area (Å²) in [6, 6.07) is 13.7. The molecule has 1 aromatic carbocycles. The van der Waals surface area contributed by atoms with Gasteiger partial charge in [0.25, 0.3) is 0 Å². The molecule has 4 nitrogen and oxygen atoms in total. The van der Waals surface area contributed by atoms with Crippen molar-refractivity contribution in [3.63, 3.8) is 0 Å². The molecule has 0 bridgehead atoms. The van der Waals surface area contributed by atoms with Gasteiger partial charge in [-0.25, -0.2) is 4.98 Å². The second-order valence-corrected chi connectivity index (χ2v) is 4.85. The lowest BCUT2D eigenvalue weighted by molar-refractivity contribution is 0.277. The molecule has 0 radical (unpaired) electrons. The quantitative estimate of drug-likeness (QED) is 0.907. The first-order valence-corrected chi connectivity index (χ1v) is 6.95. The van der Waals surface area contributed by atoms with E-state index in [4.69, 9.17) is 9.47 Å². The highest BCUT2D eigenvalue weighted by atomic mass is 16.5. The van der Waals surface area contributed by atoms with E-state index in [1.807, 2.05) is 42.5 Å². The molecule has 0 aliphatic carbocycles. The van der Waals surface area contributed by atoms with Crippen LogP contribution in [0.1, 0.15) is 12.8 Å². The van der Waals surface area contributed by atoms with Crippen molar-refractivity contribution in [2.24, 2.45) is 0 Å². The van der Waals surface area contributed by atoms with Crippen LogP contribution >= 0.6 is 0 Å². The van der Waals surface area contributed by atoms with Gasteiger partial charge in [0.05, 0.1) is 0 Å². The van der Waals surface area contributed by atoms with Crippen molar-refractivity contribution >= 4 is 0 Å². The molecule has 104 valence electrons. The largest absolute Gasteiger partial charge is 0.492 e. The number of hydrogen-bond acceptors (Lipinski definition) is 4. The Kier molecular flexibility index (Phi) is 4.13. The van der Waals surface area contributed by atoms with Crippen LogP contribution in [0, 0.1) is 0 Å². The Hall–Kier alpha value is -2.07. The monoisotopic (exact) mass is 270 g/mol. The zero-order valence-electron chi connectivity index (χ0n) is 11.3. The number of hydrogen-bond donors (Lipinski definition) is 1. The maximum atomic E-state index is 5.76. The smallest absolute Gasteiger partial charge is 0.219 e. The minimum Gasteiger partial charge on any atom is -0.492 e. The van der Waals surface area contributed by atoms with Gasteiger partial charge < -0.3 is 14.8 Å². The van der Waals surface area contributed by atoms with E-state index >= 15 is 0 Å². The van der Waals surface area contributed by atoms with Crippen molar-refractivity contribution in [1.29, 1.82) is 0 Å². The summed E-state index contributed by atoms with van der Waals surface area (Å²) in [7, 11) is 0. The van der Waals surface area contributed by atoms with E-state index in [2.05, 4.69) is 10.3 Å². The molecular weight excluding hydrogens is 252 g/mol. The summed E-state index contributed by atoms with van der Waals surface area (Å²) < 4.78 is 11.4. The predicted molar refractivity (Wildman–Crippen MR) is 77.3 cm³/mol. The Morgan fingerprint density at radius 2 is 1.95 bits per heavy atom. The SMILES string of the molecule is c1ccc(Oc2ccc(OC[C@H]3CCCN3)cc2)nc1. The molecule has 0 unspecified atom stereocenters. The van der Waals surface area contributed by atoms with E-state index in [-0.39, 0.29) is 0 Å². The molecule has 1 aromatic heterocycles. The Balaban J connectivity index is 1.54. The van der Waals surface area contributed by atoms with E-state index in [1.165, 1.54) is 12.8 Å². The Labute approximate surface area is 118 Å². The van der Waals surface area contributed by atoms with Crippen molar-refractivity contribution in [2.45, 2.75) is 18.9 Å². The van der Waals surface area contributed by atoms with Gasteiger partial charge in [-0.3, -0.25) is 0 Å². The van der Waals surface area contributed by atoms with E-state index in [0.29, 0.717) is 11.9 Å². The normalized spacial score (nSPS) is 17.9. The van der Waals surface area contributed by atoms with Crippen molar-refractivity contribution in [1.82, 2.24) is 10.3 Å². The minimum atomic E-state index is 0.486. The molecule has 1 N–H and O–H groups in total. The fraction of sp³-hybridized carbons (Fsp3) is 0.312. The third-order valence-electron chi connectivity index (χ3n) is 3.30. The van der Waals surface area contributed by atoms with Gasteiger partial charge >= 0.3 is 0 Å². The highest BCUT2D eigenvalue weighted by molar-refractivity contribution is 5.33. The van der Waals surface area contributed by atoms with Crippen LogP contribution in [-0.2, 0) is 0 Å². The van der Waals surface area contributed by atoms with Gasteiger partial charge in [0.1, 0.15) is 18.1 Å². The molecule has 0 spiro atoms. The molecule has 0 saturated carbocycles. The van der Waals surface area contributed by atoms with Gasteiger partial charge in [-0.2, -0.15) is 0 Å². The molecule has 1 aliphatic rings. The summed E-state index contributed by atoms with van der Waals surface area (Å²) in [5, 5.41) is 3.41. The molecule has 2 heterocycles. The van der Waals surface area contributed by atoms with E-state index in [9.17, 15) is 0 Å². The van der Waals surface area contributed by atoms with E-state index in [1.54, 1.807) is 6.20 Å². The topological polar surface area (TPSA) is 43.4 Å². The van der Waals surface area contributed by atoms with Gasteiger partial charge in [-0.1, -0.05) is 6.07 Å². The van der Waals surface area contributed by atoms with Crippen molar-refractivity contribution < 1.29 is 9.47 Å². The maximum absolute atomic E-state index is 5.76. The molecule has 3 rings (SSSR count). The van der Waals surface area contributed by atoms with Crippen LogP contribution in [0.25, 0.3) is 0 Å². The van der Waals surface area contributed by atoms with Gasteiger partial charge in [-0.05, 0) is 49.7 Å². The van der Waals surface area contributed by atoms with Gasteiger partial charge in [0, 0.05) is 18.3 Å². The summed E-state index contributed by atoms with van der Waals surface area (Å²) >= 11 is 0. The summed E-state index contributed by atoms with van der Waals surface area (Å²) in [6.45, 7) is 1.82. The molecule has 0 amide bonds. The van der Waals surface area contributed by atoms with Crippen molar-refractivity contribution in [2.75, 3.05) is 13.2 Å². The third-order valence-corrected chi connectivity index (χ3v) is 3.30. The second kappa shape index (κ2) is 6.39. The Morgan fingerprint density at radius 3 is 2.65 bits per heavy atom. The fourth-order valence-electron chi connectivity index (χ4n) is 2.23. The van der Waals surface area contributed by atoms with Crippen molar-refractivity contribution in [3.8, 4) is 17.4 Å². The molecule has 2 aromatic rings. The summed E-state index contributed by atoms with van der Waals surface area (Å²) in [6.07, 6.45) is 4.15. The number of nitrogens with zero attached hydrogens (tertiary/aromatic N) is 1. The lowest BCUT2D eigenvalue weighted by Gasteiger charge is -2.12. The number of aromatic nitrogens is 1. The predicted octanol–water partition coefficient (Wildman–Crippen LogP) is 3.00. The van der Waals surface area contributed by atoms with Crippen molar-refractivity contribution in [3.05, 3.63) is 48.7 Å². The fourth-order valence-corrected chi connectivity index (χ4v) is 2.23. The highest BCUT2D eigenvalue weighted by Crippen LogP contribution is 2.22. The number of benzene rings is 1. The van der Waals surface area contributed by atoms with E-state index in [0.717, 1.165) is 24.7 Å². The summed E-state index contributed by atoms with van der Waals surface area (Å²) in [4.78, 5) is 4.12. The Morgan fingerprint density at radius 1 is 1.10 bits per heavy atom. The zero-order valence-corrected chi connectivity index (χ0v) is 11.3. The van der Waals surface area contributed by atoms with Crippen LogP contribution in [0.15, 0.2) is 48.7 Å². The van der Waals surface area contributed by atoms with Crippen LogP contribution < -0.4 is 14.8 Å². The molecule has 1 atom stereocenters. The highest BCUT2D eigenvalue weighted by Gasteiger charge is 2.14. The number of pyridine rings is 1. The van der Waals surface area contributed by atoms with Crippen LogP contribution in [-0.4, -0.2) is 24.2 Å². The van der Waals surface area contributed by atoms with Gasteiger partial charge in [-0.15, -0.1) is 0 Å². The molecule has 1 fully saturated rings. The summed E-state index contributed by atoms with van der Waals surface area (Å²) in [5.41, 5.74) is 0. The first-order valence-electron chi connectivity index (χ1n) is 6.95. The van der Waals surface area contributed by atoms with E-state index < -0.39 is 0 Å². The average molecular weight is 270 g/mol. The maximum Gasteiger partial charge on any atom is 0.219 e. The van der Waals surface area contributed by atoms with Gasteiger partial charge in [0.15, 0.2) is 0 Å². The number of nitrogens with one attached hydrogen (secondary N) is 1. The lowest BCUT2D eigenvalue weighted by Crippen LogP contribution is -2.28. The number of ether oxygens (including phenoxy) is 2. The molecule has 1 aliphatic heterocycles. The molecule has 4 heteroatoms. The standard InChI is InChI=1S/C16H18N2O2/c1-2-10-18-16(5-1)20-15-8-6-14(7-9-15)19-12-13-4-3-11-17-13/h1-2,5-10,13,17H,3-4,11-12H2/t13-/m1/s1. The first kappa shape index (κ1) is 12.9. The van der Waals surface area contributed by atoms with Crippen LogP contribution in [0.2, 0.25) is 0 Å². The number of rotatable bonds is 5. The van der Waals surface area contributed by atoms with Crippen LogP contribution in [0.3, 0.4) is 0 Å². The first-order chi connectivity index (χ1) is 9.90. The summed E-state index contributed by atoms with van der Waals surface area (Å²) in [5.74, 6) is 2.22. The minimum absolute atomic E-state index is 0.486. The van der Waals surface area contributed by atoms with Crippen LogP contribution in [0.5, 0.6) is 17.4 Å². The average Bonchev–Trinajstić information content (AvgIpc) is 3.01. The third kappa shape index (κ3) is 3.48. The Bertz CT molecular complexity index is 522. The molecular formula is C16H18N2O2. The lowest BCUT2D eigenvalue weighted by atomic mass is 10.2. The molecule has 20 heavy (non-hydrogen) atoms. The van der Waals surface area contributed by atoms with Gasteiger partial charge in [0.2, 0.25) is 5.88 Å². The zero-order chi connectivity index (χ0) is 13.6. The van der Waals surface area contributed by atoms with Crippen LogP contribution in [0.4, 0.5) is 0 Å². The second-order valence-electron chi connectivity index (χ2n) is 4.85.